The third-order valence-electron chi connectivity index (χ3n) is 5.20. The summed E-state index contributed by atoms with van der Waals surface area (Å²) in [5, 5.41) is 0.412. The Labute approximate surface area is 176 Å². The Hall–Kier alpha value is -2.66. The Morgan fingerprint density at radius 2 is 1.48 bits per heavy atom. The molecule has 1 aliphatic rings. The molecule has 1 aliphatic heterocycles. The van der Waals surface area contributed by atoms with Gasteiger partial charge in [0, 0.05) is 11.4 Å². The van der Waals surface area contributed by atoms with Crippen molar-refractivity contribution in [2.24, 2.45) is 0 Å². The van der Waals surface area contributed by atoms with Gasteiger partial charge in [0.1, 0.15) is 0 Å². The number of carbonyl (C=O) groups excluding carboxylic acids is 1. The van der Waals surface area contributed by atoms with Crippen molar-refractivity contribution in [3.63, 3.8) is 0 Å². The predicted octanol–water partition coefficient (Wildman–Crippen LogP) is 5.43. The van der Waals surface area contributed by atoms with Gasteiger partial charge in [-0.25, -0.2) is 9.97 Å². The molecule has 2 heterocycles. The van der Waals surface area contributed by atoms with Gasteiger partial charge in [-0.15, -0.1) is 0 Å². The summed E-state index contributed by atoms with van der Waals surface area (Å²) in [4.78, 5) is 24.8. The first-order valence-electron chi connectivity index (χ1n) is 10.1. The summed E-state index contributed by atoms with van der Waals surface area (Å²) in [6.45, 7) is 5.97. The molecule has 0 radical (unpaired) electrons. The molecular weight excluding hydrogens is 378 g/mol. The van der Waals surface area contributed by atoms with E-state index in [0.717, 1.165) is 35.6 Å². The molecule has 0 saturated heterocycles. The van der Waals surface area contributed by atoms with Crippen molar-refractivity contribution in [3.05, 3.63) is 77.1 Å². The van der Waals surface area contributed by atoms with E-state index in [4.69, 9.17) is 0 Å². The van der Waals surface area contributed by atoms with E-state index in [-0.39, 0.29) is 11.2 Å². The number of aromatic nitrogens is 2. The van der Waals surface area contributed by atoms with E-state index in [0.29, 0.717) is 11.6 Å². The molecule has 1 atom stereocenters. The largest absolute Gasteiger partial charge is 0.280 e. The maximum atomic E-state index is 13.8. The number of hydrogen-bond donors (Lipinski definition) is 0. The molecule has 29 heavy (non-hydrogen) atoms. The average Bonchev–Trinajstić information content (AvgIpc) is 2.88. The molecule has 3 aromatic rings. The summed E-state index contributed by atoms with van der Waals surface area (Å²) in [7, 11) is 0. The van der Waals surface area contributed by atoms with E-state index >= 15 is 0 Å². The summed E-state index contributed by atoms with van der Waals surface area (Å²) >= 11 is 1.46. The lowest BCUT2D eigenvalue weighted by molar-refractivity contribution is -0.117. The van der Waals surface area contributed by atoms with E-state index in [1.54, 1.807) is 0 Å². The van der Waals surface area contributed by atoms with Crippen LogP contribution < -0.4 is 4.90 Å². The highest BCUT2D eigenvalue weighted by Crippen LogP contribution is 2.38. The Morgan fingerprint density at radius 1 is 0.966 bits per heavy atom. The van der Waals surface area contributed by atoms with E-state index in [9.17, 15) is 4.79 Å². The monoisotopic (exact) mass is 403 g/mol. The van der Waals surface area contributed by atoms with Gasteiger partial charge >= 0.3 is 0 Å². The molecule has 2 aromatic carbocycles. The molecule has 1 amide bonds. The van der Waals surface area contributed by atoms with Gasteiger partial charge in [0.2, 0.25) is 5.91 Å². The lowest BCUT2D eigenvalue weighted by Gasteiger charge is -2.28. The van der Waals surface area contributed by atoms with Gasteiger partial charge in [-0.05, 0) is 62.4 Å². The minimum atomic E-state index is -0.254. The van der Waals surface area contributed by atoms with Crippen LogP contribution in [0.15, 0.2) is 59.8 Å². The number of thioether (sulfide) groups is 1. The quantitative estimate of drug-likeness (QED) is 0.431. The molecule has 1 aromatic heterocycles. The number of hydrogen-bond acceptors (Lipinski definition) is 4. The van der Waals surface area contributed by atoms with Crippen LogP contribution in [0.1, 0.15) is 35.9 Å². The first kappa shape index (κ1) is 19.6. The summed E-state index contributed by atoms with van der Waals surface area (Å²) in [6, 6.07) is 18.4. The molecule has 4 rings (SSSR count). The van der Waals surface area contributed by atoms with Gasteiger partial charge in [-0.1, -0.05) is 55.1 Å². The Balaban J connectivity index is 1.74. The van der Waals surface area contributed by atoms with Crippen LogP contribution in [-0.4, -0.2) is 21.1 Å². The van der Waals surface area contributed by atoms with Crippen LogP contribution in [0.4, 0.5) is 11.4 Å². The van der Waals surface area contributed by atoms with Crippen LogP contribution in [0, 0.1) is 13.8 Å². The average molecular weight is 404 g/mol. The van der Waals surface area contributed by atoms with E-state index in [1.807, 2.05) is 56.0 Å². The topological polar surface area (TPSA) is 46.1 Å². The number of benzene rings is 2. The van der Waals surface area contributed by atoms with E-state index < -0.39 is 0 Å². The molecule has 0 aliphatic carbocycles. The van der Waals surface area contributed by atoms with Crippen LogP contribution in [0.3, 0.4) is 0 Å². The Morgan fingerprint density at radius 3 is 2.00 bits per heavy atom. The lowest BCUT2D eigenvalue weighted by atomic mass is 10.0. The van der Waals surface area contributed by atoms with Gasteiger partial charge < -0.3 is 0 Å². The van der Waals surface area contributed by atoms with E-state index in [1.165, 1.54) is 22.9 Å². The van der Waals surface area contributed by atoms with Crippen LogP contribution in [0.25, 0.3) is 0 Å². The molecule has 0 bridgehead atoms. The van der Waals surface area contributed by atoms with Crippen molar-refractivity contribution in [3.8, 4) is 0 Å². The van der Waals surface area contributed by atoms with Gasteiger partial charge in [-0.2, -0.15) is 0 Å². The second kappa shape index (κ2) is 8.37. The third kappa shape index (κ3) is 4.06. The van der Waals surface area contributed by atoms with Crippen molar-refractivity contribution in [2.45, 2.75) is 50.4 Å². The molecule has 0 fully saturated rings. The standard InChI is InChI=1S/C24H25N3OS/c1-4-22(29-24-25-16(2)15-17(3)26-24)23(28)27-20-11-7-5-9-18(20)13-14-19-10-6-8-12-21(19)27/h5-12,15,22H,4,13-14H2,1-3H3. The summed E-state index contributed by atoms with van der Waals surface area (Å²) in [6.07, 6.45) is 2.57. The van der Waals surface area contributed by atoms with Gasteiger partial charge in [0.15, 0.2) is 5.16 Å². The zero-order chi connectivity index (χ0) is 20.4. The summed E-state index contributed by atoms with van der Waals surface area (Å²) in [5.41, 5.74) is 6.24. The number of para-hydroxylation sites is 2. The molecule has 4 nitrogen and oxygen atoms in total. The molecule has 148 valence electrons. The smallest absolute Gasteiger partial charge is 0.245 e. The van der Waals surface area contributed by atoms with Crippen molar-refractivity contribution in [1.29, 1.82) is 0 Å². The fourth-order valence-electron chi connectivity index (χ4n) is 3.84. The van der Waals surface area contributed by atoms with Crippen LogP contribution in [0.2, 0.25) is 0 Å². The normalized spacial score (nSPS) is 14.0. The van der Waals surface area contributed by atoms with Gasteiger partial charge in [0.25, 0.3) is 0 Å². The number of nitrogens with zero attached hydrogens (tertiary/aromatic N) is 3. The highest BCUT2D eigenvalue weighted by molar-refractivity contribution is 8.00. The third-order valence-corrected chi connectivity index (χ3v) is 6.42. The maximum absolute atomic E-state index is 13.8. The number of amides is 1. The minimum Gasteiger partial charge on any atom is -0.280 e. The zero-order valence-electron chi connectivity index (χ0n) is 17.1. The molecule has 0 spiro atoms. The summed E-state index contributed by atoms with van der Waals surface area (Å²) < 4.78 is 0. The number of rotatable bonds is 4. The second-order valence-electron chi connectivity index (χ2n) is 7.38. The molecule has 0 N–H and O–H groups in total. The Kier molecular flexibility index (Phi) is 5.67. The number of carbonyl (C=O) groups is 1. The number of fused-ring (bicyclic) bond motifs is 2. The first-order valence-corrected chi connectivity index (χ1v) is 10.9. The van der Waals surface area contributed by atoms with Crippen molar-refractivity contribution in [2.75, 3.05) is 4.90 Å². The zero-order valence-corrected chi connectivity index (χ0v) is 17.9. The first-order chi connectivity index (χ1) is 14.1. The summed E-state index contributed by atoms with van der Waals surface area (Å²) in [5.74, 6) is 0.0852. The van der Waals surface area contributed by atoms with Crippen LogP contribution >= 0.6 is 11.8 Å². The fourth-order valence-corrected chi connectivity index (χ4v) is 4.86. The van der Waals surface area contributed by atoms with Gasteiger partial charge in [0.05, 0.1) is 16.6 Å². The second-order valence-corrected chi connectivity index (χ2v) is 8.55. The highest BCUT2D eigenvalue weighted by atomic mass is 32.2. The number of anilines is 2. The SMILES string of the molecule is CCC(Sc1nc(C)cc(C)n1)C(=O)N1c2ccccc2CCc2ccccc21. The fraction of sp³-hybridized carbons (Fsp3) is 0.292. The van der Waals surface area contributed by atoms with Crippen molar-refractivity contribution >= 4 is 29.0 Å². The molecule has 0 saturated carbocycles. The van der Waals surface area contributed by atoms with E-state index in [2.05, 4.69) is 34.2 Å². The maximum Gasteiger partial charge on any atom is 0.245 e. The van der Waals surface area contributed by atoms with Crippen molar-refractivity contribution in [1.82, 2.24) is 9.97 Å². The Bertz CT molecular complexity index is 982. The van der Waals surface area contributed by atoms with Crippen LogP contribution in [0.5, 0.6) is 0 Å². The molecule has 1 unspecified atom stereocenters. The van der Waals surface area contributed by atoms with Crippen LogP contribution in [-0.2, 0) is 17.6 Å². The predicted molar refractivity (Wildman–Crippen MR) is 119 cm³/mol. The molecule has 5 heteroatoms. The minimum absolute atomic E-state index is 0.0852. The number of aryl methyl sites for hydroxylation is 4. The highest BCUT2D eigenvalue weighted by Gasteiger charge is 2.31. The molecular formula is C24H25N3OS. The van der Waals surface area contributed by atoms with Gasteiger partial charge in [-0.3, -0.25) is 9.69 Å². The van der Waals surface area contributed by atoms with Crippen molar-refractivity contribution < 1.29 is 4.79 Å². The lowest BCUT2D eigenvalue weighted by Crippen LogP contribution is -2.34.